The van der Waals surface area contributed by atoms with Crippen molar-refractivity contribution in [1.82, 2.24) is 10.3 Å². The van der Waals surface area contributed by atoms with Crippen molar-refractivity contribution in [2.24, 2.45) is 0 Å². The van der Waals surface area contributed by atoms with Gasteiger partial charge < -0.3 is 20.4 Å². The Kier molecular flexibility index (Phi) is 4.70. The van der Waals surface area contributed by atoms with E-state index < -0.39 is 0 Å². The summed E-state index contributed by atoms with van der Waals surface area (Å²) in [6.07, 6.45) is 2.08. The Morgan fingerprint density at radius 1 is 1.16 bits per heavy atom. The molecule has 0 unspecified atom stereocenters. The van der Waals surface area contributed by atoms with Crippen LogP contribution in [0.1, 0.15) is 15.9 Å². The van der Waals surface area contributed by atoms with E-state index in [1.165, 1.54) is 7.11 Å². The number of carbonyl (C=O) groups is 2. The summed E-state index contributed by atoms with van der Waals surface area (Å²) in [5.41, 5.74) is 2.92. The Bertz CT molecular complexity index is 931. The van der Waals surface area contributed by atoms with Gasteiger partial charge in [-0.25, -0.2) is 0 Å². The van der Waals surface area contributed by atoms with Gasteiger partial charge in [0, 0.05) is 29.7 Å². The van der Waals surface area contributed by atoms with Gasteiger partial charge in [0.25, 0.3) is 5.91 Å². The van der Waals surface area contributed by atoms with Crippen molar-refractivity contribution in [3.8, 4) is 5.75 Å². The fourth-order valence-corrected chi connectivity index (χ4v) is 2.73. The van der Waals surface area contributed by atoms with Crippen LogP contribution in [0.3, 0.4) is 0 Å². The number of amides is 2. The molecule has 3 aromatic rings. The maximum atomic E-state index is 12.4. The fraction of sp³-hybridized carbons (Fsp3) is 0.158. The van der Waals surface area contributed by atoms with Gasteiger partial charge in [-0.1, -0.05) is 18.2 Å². The molecule has 2 aromatic carbocycles. The SMILES string of the molecule is CNC(=O)c1ccc(NC(=O)Cc2c[nH]c3ccccc23)c(OC)c1. The average molecular weight is 337 g/mol. The second-order valence-electron chi connectivity index (χ2n) is 5.58. The number of benzene rings is 2. The van der Waals surface area contributed by atoms with Gasteiger partial charge in [0.15, 0.2) is 0 Å². The Labute approximate surface area is 145 Å². The molecule has 0 fully saturated rings. The number of anilines is 1. The van der Waals surface area contributed by atoms with Crippen molar-refractivity contribution in [3.63, 3.8) is 0 Å². The van der Waals surface area contributed by atoms with Crippen LogP contribution in [-0.2, 0) is 11.2 Å². The number of rotatable bonds is 5. The van der Waals surface area contributed by atoms with Gasteiger partial charge in [0.1, 0.15) is 5.75 Å². The van der Waals surface area contributed by atoms with Crippen molar-refractivity contribution in [1.29, 1.82) is 0 Å². The van der Waals surface area contributed by atoms with Crippen molar-refractivity contribution >= 4 is 28.4 Å². The number of carbonyl (C=O) groups excluding carboxylic acids is 2. The van der Waals surface area contributed by atoms with E-state index in [2.05, 4.69) is 15.6 Å². The van der Waals surface area contributed by atoms with Crippen LogP contribution in [0.25, 0.3) is 10.9 Å². The molecule has 25 heavy (non-hydrogen) atoms. The first-order chi connectivity index (χ1) is 12.1. The van der Waals surface area contributed by atoms with Crippen LogP contribution in [0.2, 0.25) is 0 Å². The number of para-hydroxylation sites is 1. The number of nitrogens with one attached hydrogen (secondary N) is 3. The summed E-state index contributed by atoms with van der Waals surface area (Å²) in [7, 11) is 3.06. The lowest BCUT2D eigenvalue weighted by molar-refractivity contribution is -0.115. The molecule has 1 heterocycles. The smallest absolute Gasteiger partial charge is 0.251 e. The highest BCUT2D eigenvalue weighted by molar-refractivity contribution is 5.99. The number of aromatic amines is 1. The van der Waals surface area contributed by atoms with Gasteiger partial charge >= 0.3 is 0 Å². The van der Waals surface area contributed by atoms with Gasteiger partial charge in [-0.15, -0.1) is 0 Å². The highest BCUT2D eigenvalue weighted by atomic mass is 16.5. The third kappa shape index (κ3) is 3.47. The summed E-state index contributed by atoms with van der Waals surface area (Å²) in [5, 5.41) is 6.42. The monoisotopic (exact) mass is 337 g/mol. The lowest BCUT2D eigenvalue weighted by Gasteiger charge is -2.11. The Morgan fingerprint density at radius 2 is 1.96 bits per heavy atom. The number of hydrogen-bond donors (Lipinski definition) is 3. The van der Waals surface area contributed by atoms with Gasteiger partial charge in [0.2, 0.25) is 5.91 Å². The van der Waals surface area contributed by atoms with Gasteiger partial charge in [0.05, 0.1) is 19.2 Å². The average Bonchev–Trinajstić information content (AvgIpc) is 3.04. The molecule has 1 aromatic heterocycles. The summed E-state index contributed by atoms with van der Waals surface area (Å²) in [4.78, 5) is 27.3. The topological polar surface area (TPSA) is 83.2 Å². The number of H-pyrrole nitrogens is 1. The molecule has 2 amide bonds. The van der Waals surface area contributed by atoms with E-state index in [0.717, 1.165) is 16.5 Å². The molecule has 0 saturated heterocycles. The first-order valence-corrected chi connectivity index (χ1v) is 7.87. The van der Waals surface area contributed by atoms with E-state index in [1.807, 2.05) is 30.5 Å². The highest BCUT2D eigenvalue weighted by Gasteiger charge is 2.13. The summed E-state index contributed by atoms with van der Waals surface area (Å²) >= 11 is 0. The first kappa shape index (κ1) is 16.6. The maximum Gasteiger partial charge on any atom is 0.251 e. The molecule has 0 saturated carbocycles. The molecule has 0 atom stereocenters. The molecule has 6 heteroatoms. The van der Waals surface area contributed by atoms with Crippen LogP contribution < -0.4 is 15.4 Å². The lowest BCUT2D eigenvalue weighted by Crippen LogP contribution is -2.18. The van der Waals surface area contributed by atoms with Gasteiger partial charge in [-0.05, 0) is 29.8 Å². The predicted molar refractivity (Wildman–Crippen MR) is 97.0 cm³/mol. The Balaban J connectivity index is 1.77. The molecule has 0 bridgehead atoms. The molecule has 128 valence electrons. The largest absolute Gasteiger partial charge is 0.495 e. The highest BCUT2D eigenvalue weighted by Crippen LogP contribution is 2.26. The second-order valence-corrected chi connectivity index (χ2v) is 5.58. The standard InChI is InChI=1S/C19H19N3O3/c1-20-19(24)12-7-8-16(17(9-12)25-2)22-18(23)10-13-11-21-15-6-4-3-5-14(13)15/h3-9,11,21H,10H2,1-2H3,(H,20,24)(H,22,23). The minimum atomic E-state index is -0.213. The molecule has 0 aliphatic carbocycles. The van der Waals surface area contributed by atoms with Crippen LogP contribution in [0.5, 0.6) is 5.75 Å². The summed E-state index contributed by atoms with van der Waals surface area (Å²) in [5.74, 6) is 0.0686. The van der Waals surface area contributed by atoms with Crippen molar-refractivity contribution in [2.75, 3.05) is 19.5 Å². The van der Waals surface area contributed by atoms with Gasteiger partial charge in [-0.2, -0.15) is 0 Å². The number of aromatic nitrogens is 1. The van der Waals surface area contributed by atoms with Crippen LogP contribution in [0.15, 0.2) is 48.7 Å². The van der Waals surface area contributed by atoms with Gasteiger partial charge in [-0.3, -0.25) is 9.59 Å². The Hall–Kier alpha value is -3.28. The zero-order valence-electron chi connectivity index (χ0n) is 14.1. The summed E-state index contributed by atoms with van der Waals surface area (Å²) < 4.78 is 5.29. The molecular weight excluding hydrogens is 318 g/mol. The molecule has 6 nitrogen and oxygen atoms in total. The lowest BCUT2D eigenvalue weighted by atomic mass is 10.1. The molecule has 0 aliphatic heterocycles. The normalized spacial score (nSPS) is 10.5. The van der Waals surface area contributed by atoms with Crippen LogP contribution >= 0.6 is 0 Å². The zero-order chi connectivity index (χ0) is 17.8. The van der Waals surface area contributed by atoms with E-state index in [1.54, 1.807) is 25.2 Å². The molecule has 0 aliphatic rings. The minimum Gasteiger partial charge on any atom is -0.495 e. The number of ether oxygens (including phenoxy) is 1. The van der Waals surface area contributed by atoms with E-state index >= 15 is 0 Å². The first-order valence-electron chi connectivity index (χ1n) is 7.87. The number of fused-ring (bicyclic) bond motifs is 1. The van der Waals surface area contributed by atoms with E-state index in [4.69, 9.17) is 4.74 Å². The molecule has 0 radical (unpaired) electrons. The predicted octanol–water partition coefficient (Wildman–Crippen LogP) is 2.72. The van der Waals surface area contributed by atoms with Crippen LogP contribution in [0.4, 0.5) is 5.69 Å². The Morgan fingerprint density at radius 3 is 2.72 bits per heavy atom. The minimum absolute atomic E-state index is 0.157. The van der Waals surface area contributed by atoms with E-state index in [-0.39, 0.29) is 18.2 Å². The van der Waals surface area contributed by atoms with Crippen molar-refractivity contribution < 1.29 is 14.3 Å². The van der Waals surface area contributed by atoms with E-state index in [9.17, 15) is 9.59 Å². The quantitative estimate of drug-likeness (QED) is 0.669. The third-order valence-corrected chi connectivity index (χ3v) is 3.99. The second kappa shape index (κ2) is 7.09. The van der Waals surface area contributed by atoms with Crippen LogP contribution in [-0.4, -0.2) is 31.0 Å². The fourth-order valence-electron chi connectivity index (χ4n) is 2.73. The molecule has 3 rings (SSSR count). The molecule has 3 N–H and O–H groups in total. The molecular formula is C19H19N3O3. The summed E-state index contributed by atoms with van der Waals surface area (Å²) in [6, 6.07) is 12.7. The van der Waals surface area contributed by atoms with Crippen molar-refractivity contribution in [2.45, 2.75) is 6.42 Å². The zero-order valence-corrected chi connectivity index (χ0v) is 14.1. The number of methoxy groups -OCH3 is 1. The molecule has 0 spiro atoms. The van der Waals surface area contributed by atoms with Crippen LogP contribution in [0, 0.1) is 0 Å². The van der Waals surface area contributed by atoms with Crippen molar-refractivity contribution in [3.05, 3.63) is 59.8 Å². The maximum absolute atomic E-state index is 12.4. The number of hydrogen-bond acceptors (Lipinski definition) is 3. The summed E-state index contributed by atoms with van der Waals surface area (Å²) in [6.45, 7) is 0. The van der Waals surface area contributed by atoms with E-state index in [0.29, 0.717) is 17.0 Å². The third-order valence-electron chi connectivity index (χ3n) is 3.99.